The van der Waals surface area contributed by atoms with Gasteiger partial charge in [-0.25, -0.2) is 0 Å². The number of hydrogen-bond donors (Lipinski definition) is 0. The molecule has 0 aliphatic heterocycles. The van der Waals surface area contributed by atoms with E-state index in [9.17, 15) is 0 Å². The molecule has 0 bridgehead atoms. The van der Waals surface area contributed by atoms with Crippen molar-refractivity contribution in [1.82, 2.24) is 0 Å². The van der Waals surface area contributed by atoms with Gasteiger partial charge in [-0.3, -0.25) is 0 Å². The Balaban J connectivity index is 2.70. The lowest BCUT2D eigenvalue weighted by Gasteiger charge is -2.46. The first-order valence-electron chi connectivity index (χ1n) is 8.74. The van der Waals surface area contributed by atoms with Crippen LogP contribution in [0, 0.1) is 0 Å². The van der Waals surface area contributed by atoms with Gasteiger partial charge in [0.2, 0.25) is 0 Å². The van der Waals surface area contributed by atoms with Crippen LogP contribution >= 0.6 is 0 Å². The number of hydrogen-bond acceptors (Lipinski definition) is 0. The Morgan fingerprint density at radius 2 is 1.17 bits per heavy atom. The first-order valence-corrected chi connectivity index (χ1v) is 11.2. The minimum atomic E-state index is -1.68. The summed E-state index contributed by atoms with van der Waals surface area (Å²) in [5, 5.41) is 0. The van der Waals surface area contributed by atoms with E-state index in [1.807, 2.05) is 0 Å². The Morgan fingerprint density at radius 3 is 1.48 bits per heavy atom. The lowest BCUT2D eigenvalue weighted by atomic mass is 10.0. The Kier molecular flexibility index (Phi) is 6.01. The molecule has 122 valence electrons. The molecule has 0 amide bonds. The molecule has 1 heteroatoms. The predicted octanol–water partition coefficient (Wildman–Crippen LogP) is 6.81. The molecule has 2 aromatic carbocycles. The molecule has 0 N–H and O–H groups in total. The SMILES string of the molecule is C=CC[Si](C(C)C)(C(C)C)C(c1ccccc1)c1ccccc1. The van der Waals surface area contributed by atoms with Crippen LogP contribution in [0.4, 0.5) is 0 Å². The van der Waals surface area contributed by atoms with Gasteiger partial charge in [0.05, 0.1) is 8.07 Å². The Labute approximate surface area is 143 Å². The summed E-state index contributed by atoms with van der Waals surface area (Å²) in [5.74, 6) is 0. The highest BCUT2D eigenvalue weighted by Crippen LogP contribution is 2.49. The number of benzene rings is 2. The first-order chi connectivity index (χ1) is 11.0. The van der Waals surface area contributed by atoms with Crippen LogP contribution in [0.5, 0.6) is 0 Å². The second-order valence-electron chi connectivity index (χ2n) is 7.17. The molecule has 0 heterocycles. The maximum Gasteiger partial charge on any atom is 0.0751 e. The largest absolute Gasteiger partial charge is 0.103 e. The molecule has 2 rings (SSSR count). The highest BCUT2D eigenvalue weighted by molar-refractivity contribution is 6.84. The third kappa shape index (κ3) is 3.50. The van der Waals surface area contributed by atoms with Gasteiger partial charge in [-0.2, -0.15) is 0 Å². The van der Waals surface area contributed by atoms with Gasteiger partial charge in [0, 0.05) is 5.54 Å². The van der Waals surface area contributed by atoms with Crippen molar-refractivity contribution in [3.63, 3.8) is 0 Å². The molecule has 0 saturated carbocycles. The second kappa shape index (κ2) is 7.78. The van der Waals surface area contributed by atoms with Crippen LogP contribution in [0.15, 0.2) is 73.3 Å². The lowest BCUT2D eigenvalue weighted by Crippen LogP contribution is -2.47. The van der Waals surface area contributed by atoms with Gasteiger partial charge in [0.25, 0.3) is 0 Å². The Morgan fingerprint density at radius 1 is 0.783 bits per heavy atom. The zero-order valence-electron chi connectivity index (χ0n) is 15.0. The van der Waals surface area contributed by atoms with E-state index in [1.54, 1.807) is 0 Å². The van der Waals surface area contributed by atoms with E-state index < -0.39 is 8.07 Å². The molecule has 0 atom stereocenters. The van der Waals surface area contributed by atoms with Gasteiger partial charge in [0.15, 0.2) is 0 Å². The second-order valence-corrected chi connectivity index (χ2v) is 12.7. The normalized spacial score (nSPS) is 12.1. The monoisotopic (exact) mass is 322 g/mol. The molecule has 0 spiro atoms. The fourth-order valence-corrected chi connectivity index (χ4v) is 10.2. The summed E-state index contributed by atoms with van der Waals surface area (Å²) in [6.07, 6.45) is 2.17. The highest BCUT2D eigenvalue weighted by Gasteiger charge is 2.46. The van der Waals surface area contributed by atoms with Crippen molar-refractivity contribution < 1.29 is 0 Å². The summed E-state index contributed by atoms with van der Waals surface area (Å²) >= 11 is 0. The van der Waals surface area contributed by atoms with Crippen molar-refractivity contribution in [2.75, 3.05) is 0 Å². The van der Waals surface area contributed by atoms with E-state index in [0.717, 1.165) is 6.04 Å². The maximum atomic E-state index is 4.11. The van der Waals surface area contributed by atoms with Crippen molar-refractivity contribution in [2.24, 2.45) is 0 Å². The average molecular weight is 323 g/mol. The zero-order chi connectivity index (χ0) is 16.9. The van der Waals surface area contributed by atoms with Crippen LogP contribution in [0.3, 0.4) is 0 Å². The third-order valence-corrected chi connectivity index (χ3v) is 12.5. The smallest absolute Gasteiger partial charge is 0.0751 e. The van der Waals surface area contributed by atoms with Crippen molar-refractivity contribution in [3.05, 3.63) is 84.4 Å². The molecule has 0 fully saturated rings. The minimum absolute atomic E-state index is 0.517. The lowest BCUT2D eigenvalue weighted by molar-refractivity contribution is 0.829. The molecule has 0 aromatic heterocycles. The van der Waals surface area contributed by atoms with Crippen LogP contribution in [0.2, 0.25) is 17.1 Å². The van der Waals surface area contributed by atoms with E-state index in [2.05, 4.69) is 101 Å². The summed E-state index contributed by atoms with van der Waals surface area (Å²) in [6, 6.07) is 23.4. The van der Waals surface area contributed by atoms with Crippen molar-refractivity contribution in [1.29, 1.82) is 0 Å². The molecular formula is C22H30Si. The van der Waals surface area contributed by atoms with E-state index in [1.165, 1.54) is 11.1 Å². The van der Waals surface area contributed by atoms with E-state index >= 15 is 0 Å². The summed E-state index contributed by atoms with van der Waals surface area (Å²) < 4.78 is 0. The van der Waals surface area contributed by atoms with Crippen LogP contribution < -0.4 is 0 Å². The molecule has 0 nitrogen and oxygen atoms in total. The zero-order valence-corrected chi connectivity index (χ0v) is 16.0. The molecule has 2 aromatic rings. The highest BCUT2D eigenvalue weighted by atomic mass is 28.3. The molecule has 0 saturated heterocycles. The summed E-state index contributed by atoms with van der Waals surface area (Å²) in [4.78, 5) is 0. The standard InChI is InChI=1S/C22H30Si/c1-6-17-23(18(2)3,19(4)5)22(20-13-9-7-10-14-20)21-15-11-8-12-16-21/h6-16,18-19,22H,1,17H2,2-5H3. The van der Waals surface area contributed by atoms with Crippen molar-refractivity contribution in [2.45, 2.75) is 50.4 Å². The Hall–Kier alpha value is -1.60. The summed E-state index contributed by atoms with van der Waals surface area (Å²) in [7, 11) is -1.68. The van der Waals surface area contributed by atoms with Crippen LogP contribution in [0.1, 0.15) is 44.4 Å². The first kappa shape index (κ1) is 17.7. The van der Waals surface area contributed by atoms with Crippen LogP contribution in [0.25, 0.3) is 0 Å². The Bertz CT molecular complexity index is 551. The minimum Gasteiger partial charge on any atom is -0.103 e. The molecular weight excluding hydrogens is 292 g/mol. The molecule has 0 unspecified atom stereocenters. The molecule has 0 aliphatic rings. The van der Waals surface area contributed by atoms with Gasteiger partial charge in [-0.15, -0.1) is 6.58 Å². The van der Waals surface area contributed by atoms with E-state index in [4.69, 9.17) is 0 Å². The number of allylic oxidation sites excluding steroid dienone is 1. The van der Waals surface area contributed by atoms with Gasteiger partial charge in [-0.05, 0) is 28.3 Å². The fourth-order valence-electron chi connectivity index (χ4n) is 4.28. The van der Waals surface area contributed by atoms with Crippen molar-refractivity contribution in [3.8, 4) is 0 Å². The van der Waals surface area contributed by atoms with E-state index in [0.29, 0.717) is 16.6 Å². The van der Waals surface area contributed by atoms with Crippen molar-refractivity contribution >= 4 is 8.07 Å². The summed E-state index contributed by atoms with van der Waals surface area (Å²) in [6.45, 7) is 13.8. The molecule has 23 heavy (non-hydrogen) atoms. The van der Waals surface area contributed by atoms with Crippen LogP contribution in [-0.2, 0) is 0 Å². The number of rotatable bonds is 7. The average Bonchev–Trinajstić information content (AvgIpc) is 2.55. The summed E-state index contributed by atoms with van der Waals surface area (Å²) in [5.41, 5.74) is 4.85. The van der Waals surface area contributed by atoms with Gasteiger partial charge >= 0.3 is 0 Å². The van der Waals surface area contributed by atoms with Crippen LogP contribution in [-0.4, -0.2) is 8.07 Å². The topological polar surface area (TPSA) is 0 Å². The maximum absolute atomic E-state index is 4.11. The van der Waals surface area contributed by atoms with Gasteiger partial charge in [-0.1, -0.05) is 94.4 Å². The van der Waals surface area contributed by atoms with Gasteiger partial charge in [0.1, 0.15) is 0 Å². The molecule has 0 radical (unpaired) electrons. The predicted molar refractivity (Wildman–Crippen MR) is 106 cm³/mol. The fraction of sp³-hybridized carbons (Fsp3) is 0.364. The van der Waals surface area contributed by atoms with Gasteiger partial charge < -0.3 is 0 Å². The molecule has 0 aliphatic carbocycles. The quantitative estimate of drug-likeness (QED) is 0.388. The van der Waals surface area contributed by atoms with E-state index in [-0.39, 0.29) is 0 Å². The third-order valence-electron chi connectivity index (χ3n) is 5.45.